The number of nitrogens with one attached hydrogen (secondary N) is 1. The molecule has 2 aromatic rings. The van der Waals surface area contributed by atoms with Crippen molar-refractivity contribution in [1.29, 1.82) is 0 Å². The highest BCUT2D eigenvalue weighted by Crippen LogP contribution is 2.33. The van der Waals surface area contributed by atoms with Crippen molar-refractivity contribution in [3.8, 4) is 0 Å². The zero-order chi connectivity index (χ0) is 17.5. The van der Waals surface area contributed by atoms with E-state index in [0.717, 1.165) is 17.0 Å². The van der Waals surface area contributed by atoms with Crippen molar-refractivity contribution >= 4 is 10.0 Å². The number of hydrogen-bond acceptors (Lipinski definition) is 6. The molecular weight excluding hydrogens is 332 g/mol. The van der Waals surface area contributed by atoms with Crippen LogP contribution in [0.25, 0.3) is 0 Å². The van der Waals surface area contributed by atoms with Gasteiger partial charge in [-0.3, -0.25) is 4.68 Å². The standard InChI is InChI=1S/C15H22N4O4S/c1-9-7-12(23-17-9)8-24(20,21)18-13-5-6-22-15(13)14-10(2)16-19(4)11(14)3/h7,13,15,18H,5-6,8H2,1-4H3/t13-,15-/m0/s1. The Labute approximate surface area is 141 Å². The highest BCUT2D eigenvalue weighted by Gasteiger charge is 2.36. The first kappa shape index (κ1) is 17.1. The molecule has 0 bridgehead atoms. The second kappa shape index (κ2) is 6.30. The molecule has 132 valence electrons. The second-order valence-electron chi connectivity index (χ2n) is 6.21. The molecule has 0 radical (unpaired) electrons. The second-order valence-corrected chi connectivity index (χ2v) is 7.96. The average Bonchev–Trinajstić information content (AvgIpc) is 3.13. The largest absolute Gasteiger partial charge is 0.372 e. The summed E-state index contributed by atoms with van der Waals surface area (Å²) in [6, 6.07) is 1.30. The summed E-state index contributed by atoms with van der Waals surface area (Å²) >= 11 is 0. The van der Waals surface area contributed by atoms with Crippen LogP contribution < -0.4 is 4.72 Å². The summed E-state index contributed by atoms with van der Waals surface area (Å²) in [6.07, 6.45) is 0.289. The molecule has 3 heterocycles. The fourth-order valence-electron chi connectivity index (χ4n) is 3.14. The van der Waals surface area contributed by atoms with Crippen molar-refractivity contribution in [3.05, 3.63) is 34.5 Å². The third-order valence-electron chi connectivity index (χ3n) is 4.28. The number of aryl methyl sites for hydroxylation is 3. The first-order valence-corrected chi connectivity index (χ1v) is 9.46. The molecular formula is C15H22N4O4S. The lowest BCUT2D eigenvalue weighted by molar-refractivity contribution is 0.101. The van der Waals surface area contributed by atoms with Gasteiger partial charge in [0, 0.05) is 31.0 Å². The van der Waals surface area contributed by atoms with Crippen molar-refractivity contribution in [2.24, 2.45) is 7.05 Å². The van der Waals surface area contributed by atoms with Crippen LogP contribution in [0.4, 0.5) is 0 Å². The fourth-order valence-corrected chi connectivity index (χ4v) is 4.44. The number of ether oxygens (including phenoxy) is 1. The van der Waals surface area contributed by atoms with Crippen LogP contribution in [0.3, 0.4) is 0 Å². The van der Waals surface area contributed by atoms with E-state index in [1.165, 1.54) is 0 Å². The molecule has 1 aliphatic heterocycles. The Morgan fingerprint density at radius 1 is 1.38 bits per heavy atom. The van der Waals surface area contributed by atoms with Crippen LogP contribution in [-0.2, 0) is 27.6 Å². The van der Waals surface area contributed by atoms with Gasteiger partial charge in [0.25, 0.3) is 0 Å². The van der Waals surface area contributed by atoms with Crippen LogP contribution in [0.2, 0.25) is 0 Å². The molecule has 3 rings (SSSR count). The van der Waals surface area contributed by atoms with Gasteiger partial charge in [0.1, 0.15) is 11.9 Å². The van der Waals surface area contributed by atoms with Crippen LogP contribution in [0.15, 0.2) is 10.6 Å². The van der Waals surface area contributed by atoms with Gasteiger partial charge >= 0.3 is 0 Å². The molecule has 0 aliphatic carbocycles. The van der Waals surface area contributed by atoms with Crippen molar-refractivity contribution < 1.29 is 17.7 Å². The van der Waals surface area contributed by atoms with Gasteiger partial charge < -0.3 is 9.26 Å². The maximum atomic E-state index is 12.4. The molecule has 0 amide bonds. The summed E-state index contributed by atoms with van der Waals surface area (Å²) in [5, 5.41) is 8.11. The van der Waals surface area contributed by atoms with Crippen molar-refractivity contribution in [3.63, 3.8) is 0 Å². The number of nitrogens with zero attached hydrogens (tertiary/aromatic N) is 3. The molecule has 1 saturated heterocycles. The third kappa shape index (κ3) is 3.38. The Morgan fingerprint density at radius 3 is 2.71 bits per heavy atom. The zero-order valence-electron chi connectivity index (χ0n) is 14.2. The normalized spacial score (nSPS) is 21.5. The minimum Gasteiger partial charge on any atom is -0.372 e. The SMILES string of the molecule is Cc1cc(CS(=O)(=O)N[C@H]2CCO[C@@H]2c2c(C)nn(C)c2C)on1. The summed E-state index contributed by atoms with van der Waals surface area (Å²) in [5.74, 6) is 0.0893. The van der Waals surface area contributed by atoms with Crippen LogP contribution in [0, 0.1) is 20.8 Å². The molecule has 2 aromatic heterocycles. The lowest BCUT2D eigenvalue weighted by Crippen LogP contribution is -2.37. The number of hydrogen-bond donors (Lipinski definition) is 1. The molecule has 0 unspecified atom stereocenters. The minimum absolute atomic E-state index is 0.234. The fraction of sp³-hybridized carbons (Fsp3) is 0.600. The van der Waals surface area contributed by atoms with Crippen LogP contribution in [-0.4, -0.2) is 36.0 Å². The summed E-state index contributed by atoms with van der Waals surface area (Å²) in [4.78, 5) is 0. The van der Waals surface area contributed by atoms with E-state index in [-0.39, 0.29) is 17.9 Å². The van der Waals surface area contributed by atoms with Crippen LogP contribution >= 0.6 is 0 Å². The molecule has 9 heteroatoms. The third-order valence-corrected chi connectivity index (χ3v) is 5.61. The molecule has 1 fully saturated rings. The van der Waals surface area contributed by atoms with E-state index in [1.807, 2.05) is 20.9 Å². The topological polar surface area (TPSA) is 99.2 Å². The monoisotopic (exact) mass is 354 g/mol. The summed E-state index contributed by atoms with van der Waals surface area (Å²) in [5.41, 5.74) is 3.45. The summed E-state index contributed by atoms with van der Waals surface area (Å²) < 4.78 is 40.2. The predicted octanol–water partition coefficient (Wildman–Crippen LogP) is 1.28. The van der Waals surface area contributed by atoms with Crippen LogP contribution in [0.1, 0.15) is 40.9 Å². The van der Waals surface area contributed by atoms with Gasteiger partial charge in [-0.15, -0.1) is 0 Å². The van der Waals surface area contributed by atoms with E-state index in [0.29, 0.717) is 24.5 Å². The van der Waals surface area contributed by atoms with E-state index in [4.69, 9.17) is 9.26 Å². The molecule has 8 nitrogen and oxygen atoms in total. The Morgan fingerprint density at radius 2 is 2.12 bits per heavy atom. The summed E-state index contributed by atoms with van der Waals surface area (Å²) in [6.45, 7) is 6.13. The predicted molar refractivity (Wildman–Crippen MR) is 86.8 cm³/mol. The molecule has 2 atom stereocenters. The Hall–Kier alpha value is -1.71. The van der Waals surface area contributed by atoms with E-state index in [2.05, 4.69) is 15.0 Å². The van der Waals surface area contributed by atoms with Crippen molar-refractivity contribution in [1.82, 2.24) is 19.7 Å². The smallest absolute Gasteiger partial charge is 0.219 e. The molecule has 0 spiro atoms. The maximum Gasteiger partial charge on any atom is 0.219 e. The molecule has 0 saturated carbocycles. The van der Waals surface area contributed by atoms with Gasteiger partial charge in [0.15, 0.2) is 5.76 Å². The van der Waals surface area contributed by atoms with Crippen molar-refractivity contribution in [2.75, 3.05) is 6.61 Å². The maximum absolute atomic E-state index is 12.4. The minimum atomic E-state index is -3.56. The highest BCUT2D eigenvalue weighted by molar-refractivity contribution is 7.88. The lowest BCUT2D eigenvalue weighted by Gasteiger charge is -2.20. The number of rotatable bonds is 5. The number of aromatic nitrogens is 3. The first-order valence-electron chi connectivity index (χ1n) is 7.81. The van der Waals surface area contributed by atoms with E-state index in [9.17, 15) is 8.42 Å². The van der Waals surface area contributed by atoms with E-state index < -0.39 is 10.0 Å². The quantitative estimate of drug-likeness (QED) is 0.868. The van der Waals surface area contributed by atoms with Gasteiger partial charge in [-0.25, -0.2) is 13.1 Å². The Bertz CT molecular complexity index is 840. The molecule has 0 aromatic carbocycles. The average molecular weight is 354 g/mol. The first-order chi connectivity index (χ1) is 11.3. The molecule has 1 N–H and O–H groups in total. The van der Waals surface area contributed by atoms with E-state index in [1.54, 1.807) is 17.7 Å². The van der Waals surface area contributed by atoms with Gasteiger partial charge in [0.2, 0.25) is 10.0 Å². The molecule has 1 aliphatic rings. The van der Waals surface area contributed by atoms with Gasteiger partial charge in [-0.2, -0.15) is 5.10 Å². The van der Waals surface area contributed by atoms with Gasteiger partial charge in [-0.05, 0) is 27.2 Å². The van der Waals surface area contributed by atoms with E-state index >= 15 is 0 Å². The van der Waals surface area contributed by atoms with Gasteiger partial charge in [0.05, 0.1) is 17.4 Å². The number of sulfonamides is 1. The Kier molecular flexibility index (Phi) is 4.50. The summed E-state index contributed by atoms with van der Waals surface area (Å²) in [7, 11) is -1.69. The van der Waals surface area contributed by atoms with Gasteiger partial charge in [-0.1, -0.05) is 5.16 Å². The highest BCUT2D eigenvalue weighted by atomic mass is 32.2. The Balaban J connectivity index is 1.78. The van der Waals surface area contributed by atoms with Crippen molar-refractivity contribution in [2.45, 2.75) is 45.1 Å². The lowest BCUT2D eigenvalue weighted by atomic mass is 10.0. The van der Waals surface area contributed by atoms with Crippen LogP contribution in [0.5, 0.6) is 0 Å². The molecule has 24 heavy (non-hydrogen) atoms. The zero-order valence-corrected chi connectivity index (χ0v) is 15.1.